The number of likely N-dealkylation sites (tertiary alicyclic amines) is 1. The highest BCUT2D eigenvalue weighted by Crippen LogP contribution is 2.23. The number of nitrogens with zero attached hydrogens (tertiary/aromatic N) is 4. The maximum Gasteiger partial charge on any atom is 0.410 e. The second-order valence-electron chi connectivity index (χ2n) is 5.34. The van der Waals surface area contributed by atoms with Crippen LogP contribution in [0, 0.1) is 0 Å². The second kappa shape index (κ2) is 5.93. The molecule has 1 aliphatic rings. The van der Waals surface area contributed by atoms with Crippen LogP contribution in [0.3, 0.4) is 0 Å². The number of hydrogen-bond acceptors (Lipinski definition) is 4. The van der Waals surface area contributed by atoms with Gasteiger partial charge in [-0.2, -0.15) is 0 Å². The number of methoxy groups -OCH3 is 1. The highest BCUT2D eigenvalue weighted by Gasteiger charge is 2.37. The Hall–Kier alpha value is -1.46. The lowest BCUT2D eigenvalue weighted by atomic mass is 10.2. The molecule has 0 unspecified atom stereocenters. The average Bonchev–Trinajstić information content (AvgIpc) is 2.60. The van der Waals surface area contributed by atoms with Crippen LogP contribution in [0.2, 0.25) is 0 Å². The van der Waals surface area contributed by atoms with Gasteiger partial charge in [0.1, 0.15) is 5.60 Å². The Balaban J connectivity index is 2.71. The maximum absolute atomic E-state index is 12.0. The van der Waals surface area contributed by atoms with Crippen molar-refractivity contribution in [2.45, 2.75) is 44.9 Å². The van der Waals surface area contributed by atoms with Gasteiger partial charge >= 0.3 is 6.09 Å². The Morgan fingerprint density at radius 3 is 2.72 bits per heavy atom. The van der Waals surface area contributed by atoms with Gasteiger partial charge < -0.3 is 14.4 Å². The molecule has 0 aromatic heterocycles. The van der Waals surface area contributed by atoms with E-state index in [1.165, 1.54) is 0 Å². The lowest BCUT2D eigenvalue weighted by molar-refractivity contribution is 0.0147. The summed E-state index contributed by atoms with van der Waals surface area (Å²) in [5.74, 6) is 0. The van der Waals surface area contributed by atoms with E-state index in [4.69, 9.17) is 15.0 Å². The van der Waals surface area contributed by atoms with Crippen LogP contribution in [-0.2, 0) is 9.47 Å². The summed E-state index contributed by atoms with van der Waals surface area (Å²) < 4.78 is 10.4. The summed E-state index contributed by atoms with van der Waals surface area (Å²) in [7, 11) is 1.58. The Bertz CT molecular complexity index is 347. The first kappa shape index (κ1) is 14.6. The van der Waals surface area contributed by atoms with Crippen LogP contribution in [0.5, 0.6) is 0 Å². The van der Waals surface area contributed by atoms with Crippen molar-refractivity contribution in [2.75, 3.05) is 20.3 Å². The second-order valence-corrected chi connectivity index (χ2v) is 5.34. The molecule has 0 bridgehead atoms. The summed E-state index contributed by atoms with van der Waals surface area (Å²) in [6.45, 7) is 6.25. The van der Waals surface area contributed by atoms with E-state index in [2.05, 4.69) is 10.0 Å². The molecular formula is C11H20N4O3. The molecular weight excluding hydrogens is 236 g/mol. The van der Waals surface area contributed by atoms with Gasteiger partial charge in [0.25, 0.3) is 0 Å². The minimum atomic E-state index is -0.536. The van der Waals surface area contributed by atoms with Crippen LogP contribution in [0.25, 0.3) is 10.4 Å². The number of ether oxygens (including phenoxy) is 2. The molecule has 18 heavy (non-hydrogen) atoms. The molecule has 0 aromatic carbocycles. The lowest BCUT2D eigenvalue weighted by Crippen LogP contribution is -2.41. The van der Waals surface area contributed by atoms with Gasteiger partial charge in [-0.05, 0) is 32.7 Å². The van der Waals surface area contributed by atoms with Crippen molar-refractivity contribution in [2.24, 2.45) is 5.11 Å². The monoisotopic (exact) mass is 256 g/mol. The molecule has 0 aliphatic carbocycles. The summed E-state index contributed by atoms with van der Waals surface area (Å²) in [5, 5.41) is 3.66. The largest absolute Gasteiger partial charge is 0.444 e. The number of carbonyl (C=O) groups is 1. The molecule has 1 rings (SSSR count). The number of carbonyl (C=O) groups excluding carboxylic acids is 1. The molecule has 0 saturated carbocycles. The molecule has 1 fully saturated rings. The highest BCUT2D eigenvalue weighted by atomic mass is 16.6. The van der Waals surface area contributed by atoms with E-state index in [9.17, 15) is 4.79 Å². The molecule has 0 radical (unpaired) electrons. The first-order valence-corrected chi connectivity index (χ1v) is 5.90. The van der Waals surface area contributed by atoms with E-state index in [1.807, 2.05) is 20.8 Å². The fraction of sp³-hybridized carbons (Fsp3) is 0.909. The third kappa shape index (κ3) is 4.09. The molecule has 0 N–H and O–H groups in total. The van der Waals surface area contributed by atoms with Gasteiger partial charge in [0.05, 0.1) is 18.7 Å². The number of hydrogen-bond donors (Lipinski definition) is 0. The minimum Gasteiger partial charge on any atom is -0.444 e. The molecule has 102 valence electrons. The third-order valence-electron chi connectivity index (χ3n) is 2.59. The third-order valence-corrected chi connectivity index (χ3v) is 2.59. The Labute approximate surface area is 107 Å². The quantitative estimate of drug-likeness (QED) is 0.441. The molecule has 0 spiro atoms. The van der Waals surface area contributed by atoms with Crippen molar-refractivity contribution >= 4 is 6.09 Å². The molecule has 2 atom stereocenters. The first-order chi connectivity index (χ1) is 8.37. The highest BCUT2D eigenvalue weighted by molar-refractivity contribution is 5.69. The van der Waals surface area contributed by atoms with E-state index < -0.39 is 5.60 Å². The van der Waals surface area contributed by atoms with Crippen molar-refractivity contribution in [3.8, 4) is 0 Å². The topological polar surface area (TPSA) is 87.5 Å². The van der Waals surface area contributed by atoms with Gasteiger partial charge in [-0.1, -0.05) is 5.11 Å². The number of azide groups is 1. The predicted octanol–water partition coefficient (Wildman–Crippen LogP) is 2.32. The summed E-state index contributed by atoms with van der Waals surface area (Å²) in [6.07, 6.45) is 0.220. The Morgan fingerprint density at radius 2 is 2.22 bits per heavy atom. The zero-order chi connectivity index (χ0) is 13.8. The normalized spacial score (nSPS) is 23.7. The van der Waals surface area contributed by atoms with Crippen LogP contribution < -0.4 is 0 Å². The van der Waals surface area contributed by atoms with Crippen molar-refractivity contribution < 1.29 is 14.3 Å². The van der Waals surface area contributed by atoms with Gasteiger partial charge in [0.15, 0.2) is 0 Å². The molecule has 0 aromatic rings. The Morgan fingerprint density at radius 1 is 1.56 bits per heavy atom. The van der Waals surface area contributed by atoms with E-state index in [0.29, 0.717) is 19.6 Å². The molecule has 1 heterocycles. The van der Waals surface area contributed by atoms with E-state index in [1.54, 1.807) is 12.0 Å². The zero-order valence-corrected chi connectivity index (χ0v) is 11.3. The van der Waals surface area contributed by atoms with E-state index in [0.717, 1.165) is 0 Å². The van der Waals surface area contributed by atoms with E-state index in [-0.39, 0.29) is 18.2 Å². The van der Waals surface area contributed by atoms with Crippen LogP contribution >= 0.6 is 0 Å². The van der Waals surface area contributed by atoms with Crippen LogP contribution in [-0.4, -0.2) is 48.9 Å². The zero-order valence-electron chi connectivity index (χ0n) is 11.3. The summed E-state index contributed by atoms with van der Waals surface area (Å²) in [4.78, 5) is 16.4. The van der Waals surface area contributed by atoms with Crippen LogP contribution in [0.4, 0.5) is 4.79 Å². The van der Waals surface area contributed by atoms with Gasteiger partial charge in [-0.15, -0.1) is 0 Å². The summed E-state index contributed by atoms with van der Waals surface area (Å²) in [5.41, 5.74) is 7.91. The van der Waals surface area contributed by atoms with Crippen LogP contribution in [0.1, 0.15) is 27.2 Å². The smallest absolute Gasteiger partial charge is 0.410 e. The fourth-order valence-electron chi connectivity index (χ4n) is 1.94. The van der Waals surface area contributed by atoms with Gasteiger partial charge in [0.2, 0.25) is 0 Å². The first-order valence-electron chi connectivity index (χ1n) is 5.90. The van der Waals surface area contributed by atoms with E-state index >= 15 is 0 Å². The number of rotatable bonds is 3. The Kier molecular flexibility index (Phi) is 4.81. The van der Waals surface area contributed by atoms with Crippen molar-refractivity contribution in [1.29, 1.82) is 0 Å². The molecule has 1 saturated heterocycles. The van der Waals surface area contributed by atoms with Gasteiger partial charge in [-0.3, -0.25) is 0 Å². The van der Waals surface area contributed by atoms with Crippen molar-refractivity contribution in [3.63, 3.8) is 0 Å². The molecule has 7 nitrogen and oxygen atoms in total. The van der Waals surface area contributed by atoms with Gasteiger partial charge in [0, 0.05) is 18.6 Å². The van der Waals surface area contributed by atoms with Crippen LogP contribution in [0.15, 0.2) is 5.11 Å². The van der Waals surface area contributed by atoms with Crippen molar-refractivity contribution in [3.05, 3.63) is 10.4 Å². The number of amides is 1. The summed E-state index contributed by atoms with van der Waals surface area (Å²) in [6, 6.07) is -0.303. The molecule has 7 heteroatoms. The predicted molar refractivity (Wildman–Crippen MR) is 66.2 cm³/mol. The minimum absolute atomic E-state index is 0.0969. The molecule has 1 amide bonds. The van der Waals surface area contributed by atoms with Gasteiger partial charge in [-0.25, -0.2) is 4.79 Å². The maximum atomic E-state index is 12.0. The summed E-state index contributed by atoms with van der Waals surface area (Å²) >= 11 is 0. The average molecular weight is 256 g/mol. The fourth-order valence-corrected chi connectivity index (χ4v) is 1.94. The molecule has 1 aliphatic heterocycles. The lowest BCUT2D eigenvalue weighted by Gasteiger charge is -2.28. The van der Waals surface area contributed by atoms with Crippen molar-refractivity contribution in [1.82, 2.24) is 4.90 Å². The standard InChI is InChI=1S/C11H20N4O3/c1-11(2,3)18-10(16)15-6-8(13-14-12)5-9(15)7-17-4/h8-9H,5-7H2,1-4H3/t8-,9-/m1/s1. The SMILES string of the molecule is COC[C@H]1C[C@@H](N=[N+]=[N-])CN1C(=O)OC(C)(C)C.